The molecule has 20 heavy (non-hydrogen) atoms. The lowest BCUT2D eigenvalue weighted by Crippen LogP contribution is -2.39. The molecule has 0 saturated carbocycles. The Kier molecular flexibility index (Phi) is 4.59. The average molecular weight is 318 g/mol. The molecule has 1 aromatic carbocycles. The molecule has 10 heteroatoms. The third kappa shape index (κ3) is 3.37. The van der Waals surface area contributed by atoms with Gasteiger partial charge < -0.3 is 5.73 Å². The van der Waals surface area contributed by atoms with Gasteiger partial charge in [0.2, 0.25) is 10.0 Å². The standard InChI is InChI=1S/C10H11F5N2O2S/c1-2-17(5-10(13,14)15)20(18,19)7-4-3-6(11)9(16)8(7)12/h3-4H,2,5,16H2,1H3. The molecule has 2 N–H and O–H groups in total. The molecule has 1 rings (SSSR count). The highest BCUT2D eigenvalue weighted by Crippen LogP contribution is 2.27. The maximum atomic E-state index is 13.6. The highest BCUT2D eigenvalue weighted by atomic mass is 32.2. The molecule has 0 saturated heterocycles. The number of benzene rings is 1. The van der Waals surface area contributed by atoms with E-state index in [-0.39, 0.29) is 4.31 Å². The van der Waals surface area contributed by atoms with E-state index in [1.54, 1.807) is 0 Å². The van der Waals surface area contributed by atoms with Gasteiger partial charge >= 0.3 is 6.18 Å². The molecule has 0 aliphatic heterocycles. The fourth-order valence-electron chi connectivity index (χ4n) is 1.45. The molecular weight excluding hydrogens is 307 g/mol. The first-order chi connectivity index (χ1) is 9.00. The predicted octanol–water partition coefficient (Wildman–Crippen LogP) is 2.12. The lowest BCUT2D eigenvalue weighted by molar-refractivity contribution is -0.135. The number of hydrogen-bond donors (Lipinski definition) is 1. The van der Waals surface area contributed by atoms with Crippen molar-refractivity contribution in [1.82, 2.24) is 4.31 Å². The number of nitrogens with two attached hydrogens (primary N) is 1. The molecule has 0 atom stereocenters. The van der Waals surface area contributed by atoms with Crippen LogP contribution in [0.4, 0.5) is 27.6 Å². The molecule has 0 radical (unpaired) electrons. The fraction of sp³-hybridized carbons (Fsp3) is 0.400. The van der Waals surface area contributed by atoms with E-state index in [9.17, 15) is 30.4 Å². The van der Waals surface area contributed by atoms with Gasteiger partial charge in [0.05, 0.1) is 0 Å². The van der Waals surface area contributed by atoms with E-state index in [0.29, 0.717) is 12.1 Å². The van der Waals surface area contributed by atoms with E-state index < -0.39 is 51.5 Å². The van der Waals surface area contributed by atoms with Crippen LogP contribution in [0.1, 0.15) is 6.92 Å². The SMILES string of the molecule is CCN(CC(F)(F)F)S(=O)(=O)c1ccc(F)c(N)c1F. The molecule has 0 bridgehead atoms. The monoisotopic (exact) mass is 318 g/mol. The Bertz CT molecular complexity index is 600. The summed E-state index contributed by atoms with van der Waals surface area (Å²) in [4.78, 5) is -1.09. The quantitative estimate of drug-likeness (QED) is 0.683. The Morgan fingerprint density at radius 1 is 1.25 bits per heavy atom. The van der Waals surface area contributed by atoms with Crippen molar-refractivity contribution in [2.75, 3.05) is 18.8 Å². The number of halogens is 5. The minimum atomic E-state index is -4.79. The van der Waals surface area contributed by atoms with Crippen molar-refractivity contribution in [2.45, 2.75) is 18.0 Å². The van der Waals surface area contributed by atoms with Crippen molar-refractivity contribution in [3.8, 4) is 0 Å². The summed E-state index contributed by atoms with van der Waals surface area (Å²) < 4.78 is 87.4. The molecule has 0 aliphatic carbocycles. The van der Waals surface area contributed by atoms with E-state index in [1.807, 2.05) is 0 Å². The molecule has 0 unspecified atom stereocenters. The smallest absolute Gasteiger partial charge is 0.394 e. The highest BCUT2D eigenvalue weighted by Gasteiger charge is 2.37. The number of nitrogen functional groups attached to an aromatic ring is 1. The molecule has 0 amide bonds. The molecule has 4 nitrogen and oxygen atoms in total. The zero-order valence-corrected chi connectivity index (χ0v) is 11.0. The third-order valence-electron chi connectivity index (χ3n) is 2.42. The highest BCUT2D eigenvalue weighted by molar-refractivity contribution is 7.89. The summed E-state index contributed by atoms with van der Waals surface area (Å²) in [5.74, 6) is -2.80. The van der Waals surface area contributed by atoms with Gasteiger partial charge in [0, 0.05) is 6.54 Å². The summed E-state index contributed by atoms with van der Waals surface area (Å²) in [5, 5.41) is 0. The second-order valence-electron chi connectivity index (χ2n) is 3.82. The Hall–Kier alpha value is -1.42. The second-order valence-corrected chi connectivity index (χ2v) is 5.73. The first kappa shape index (κ1) is 16.6. The normalized spacial score (nSPS) is 12.9. The zero-order chi connectivity index (χ0) is 15.7. The van der Waals surface area contributed by atoms with Crippen molar-refractivity contribution in [3.05, 3.63) is 23.8 Å². The lowest BCUT2D eigenvalue weighted by Gasteiger charge is -2.22. The van der Waals surface area contributed by atoms with E-state index in [0.717, 1.165) is 6.92 Å². The lowest BCUT2D eigenvalue weighted by atomic mass is 10.3. The van der Waals surface area contributed by atoms with Crippen LogP contribution >= 0.6 is 0 Å². The zero-order valence-electron chi connectivity index (χ0n) is 10.2. The van der Waals surface area contributed by atoms with Gasteiger partial charge in [-0.2, -0.15) is 17.5 Å². The van der Waals surface area contributed by atoms with E-state index in [4.69, 9.17) is 5.73 Å². The largest absolute Gasteiger partial charge is 0.402 e. The number of hydrogen-bond acceptors (Lipinski definition) is 3. The third-order valence-corrected chi connectivity index (χ3v) is 4.36. The van der Waals surface area contributed by atoms with Crippen LogP contribution in [0.15, 0.2) is 17.0 Å². The summed E-state index contributed by atoms with van der Waals surface area (Å²) in [5.41, 5.74) is 3.93. The maximum Gasteiger partial charge on any atom is 0.402 e. The molecule has 1 aromatic rings. The van der Waals surface area contributed by atoms with Gasteiger partial charge in [-0.15, -0.1) is 0 Å². The van der Waals surface area contributed by atoms with Gasteiger partial charge in [-0.05, 0) is 12.1 Å². The number of alkyl halides is 3. The summed E-state index contributed by atoms with van der Waals surface area (Å²) in [6, 6.07) is 1.11. The average Bonchev–Trinajstić information content (AvgIpc) is 2.31. The number of nitrogens with zero attached hydrogens (tertiary/aromatic N) is 1. The Morgan fingerprint density at radius 2 is 1.80 bits per heavy atom. The molecular formula is C10H11F5N2O2S. The number of rotatable bonds is 4. The van der Waals surface area contributed by atoms with Crippen LogP contribution in [0, 0.1) is 11.6 Å². The molecule has 0 aliphatic rings. The van der Waals surface area contributed by atoms with E-state index in [2.05, 4.69) is 0 Å². The van der Waals surface area contributed by atoms with Crippen LogP contribution in [0.3, 0.4) is 0 Å². The van der Waals surface area contributed by atoms with Crippen LogP contribution in [-0.2, 0) is 10.0 Å². The molecule has 0 fully saturated rings. The van der Waals surface area contributed by atoms with Gasteiger partial charge in [-0.1, -0.05) is 6.92 Å². The first-order valence-corrected chi connectivity index (χ1v) is 6.75. The van der Waals surface area contributed by atoms with Gasteiger partial charge in [-0.25, -0.2) is 17.2 Å². The second kappa shape index (κ2) is 5.52. The van der Waals surface area contributed by atoms with Crippen LogP contribution < -0.4 is 5.73 Å². The minimum absolute atomic E-state index is 0.0305. The van der Waals surface area contributed by atoms with Crippen molar-refractivity contribution < 1.29 is 30.4 Å². The number of anilines is 1. The topological polar surface area (TPSA) is 63.4 Å². The Balaban J connectivity index is 3.32. The molecule has 0 spiro atoms. The van der Waals surface area contributed by atoms with Crippen LogP contribution in [-0.4, -0.2) is 32.0 Å². The minimum Gasteiger partial charge on any atom is -0.394 e. The molecule has 0 heterocycles. The Labute approximate surface area is 112 Å². The fourth-order valence-corrected chi connectivity index (χ4v) is 2.97. The predicted molar refractivity (Wildman–Crippen MR) is 61.3 cm³/mol. The maximum absolute atomic E-state index is 13.6. The van der Waals surface area contributed by atoms with Gasteiger partial charge in [0.15, 0.2) is 5.82 Å². The molecule has 0 aromatic heterocycles. The van der Waals surface area contributed by atoms with Crippen molar-refractivity contribution in [3.63, 3.8) is 0 Å². The summed E-state index contributed by atoms with van der Waals surface area (Å²) in [7, 11) is -4.76. The summed E-state index contributed by atoms with van der Waals surface area (Å²) >= 11 is 0. The summed E-state index contributed by atoms with van der Waals surface area (Å²) in [6.45, 7) is -1.14. The van der Waals surface area contributed by atoms with Crippen molar-refractivity contribution in [1.29, 1.82) is 0 Å². The van der Waals surface area contributed by atoms with E-state index in [1.165, 1.54) is 0 Å². The van der Waals surface area contributed by atoms with Crippen LogP contribution in [0.2, 0.25) is 0 Å². The van der Waals surface area contributed by atoms with Crippen LogP contribution in [0.25, 0.3) is 0 Å². The van der Waals surface area contributed by atoms with Crippen molar-refractivity contribution >= 4 is 15.7 Å². The first-order valence-electron chi connectivity index (χ1n) is 5.31. The van der Waals surface area contributed by atoms with Gasteiger partial charge in [0.25, 0.3) is 0 Å². The van der Waals surface area contributed by atoms with Crippen LogP contribution in [0.5, 0.6) is 0 Å². The summed E-state index contributed by atoms with van der Waals surface area (Å²) in [6.07, 6.45) is -4.79. The van der Waals surface area contributed by atoms with Crippen molar-refractivity contribution in [2.24, 2.45) is 0 Å². The van der Waals surface area contributed by atoms with Gasteiger partial charge in [0.1, 0.15) is 22.9 Å². The number of sulfonamides is 1. The van der Waals surface area contributed by atoms with Gasteiger partial charge in [-0.3, -0.25) is 0 Å². The molecule has 114 valence electrons. The van der Waals surface area contributed by atoms with E-state index >= 15 is 0 Å². The Morgan fingerprint density at radius 3 is 2.25 bits per heavy atom.